The number of hydrogen-bond donors (Lipinski definition) is 0. The van der Waals surface area contributed by atoms with E-state index in [1.54, 1.807) is 7.17 Å². The van der Waals surface area contributed by atoms with E-state index in [0.29, 0.717) is 12.1 Å². The lowest BCUT2D eigenvalue weighted by Crippen LogP contribution is -2.18. The van der Waals surface area contributed by atoms with Gasteiger partial charge in [-0.25, -0.2) is 0 Å². The van der Waals surface area contributed by atoms with Crippen LogP contribution >= 0.6 is 0 Å². The highest BCUT2D eigenvalue weighted by atomic mass is 19.1. The molecule has 0 aliphatic heterocycles. The standard InChI is InChI=1S/C6H14B2F/c1-4-6(3)7-8(9)5-2/h6H,4-5H2,1-3H3/t6-/m1/s1. The van der Waals surface area contributed by atoms with Gasteiger partial charge in [-0.1, -0.05) is 39.3 Å². The molecular weight excluding hydrogens is 113 g/mol. The zero-order valence-electron chi connectivity index (χ0n) is 6.52. The summed E-state index contributed by atoms with van der Waals surface area (Å²) >= 11 is 0. The first-order valence-corrected chi connectivity index (χ1v) is 3.69. The summed E-state index contributed by atoms with van der Waals surface area (Å²) in [6.07, 6.45) is 1.66. The molecule has 0 aliphatic carbocycles. The maximum atomic E-state index is 12.5. The van der Waals surface area contributed by atoms with Crippen LogP contribution in [0.25, 0.3) is 0 Å². The summed E-state index contributed by atoms with van der Waals surface area (Å²) in [6, 6.07) is 0. The summed E-state index contributed by atoms with van der Waals surface area (Å²) < 4.78 is 12.5. The van der Waals surface area contributed by atoms with Crippen LogP contribution in [-0.4, -0.2) is 14.1 Å². The van der Waals surface area contributed by atoms with Gasteiger partial charge in [-0.05, 0) is 0 Å². The van der Waals surface area contributed by atoms with E-state index in [4.69, 9.17) is 0 Å². The molecule has 0 N–H and O–H groups in total. The zero-order chi connectivity index (χ0) is 7.28. The molecule has 0 aromatic rings. The third-order valence-corrected chi connectivity index (χ3v) is 1.57. The maximum Gasteiger partial charge on any atom is 0.302 e. The van der Waals surface area contributed by atoms with Crippen molar-refractivity contribution in [2.75, 3.05) is 0 Å². The fourth-order valence-corrected chi connectivity index (χ4v) is 0.629. The smallest absolute Gasteiger partial charge is 0.302 e. The second kappa shape index (κ2) is 4.89. The monoisotopic (exact) mass is 127 g/mol. The molecule has 0 aliphatic rings. The molecule has 0 saturated carbocycles. The molecule has 0 saturated heterocycles. The number of rotatable bonds is 4. The van der Waals surface area contributed by atoms with Gasteiger partial charge in [0.05, 0.1) is 0 Å². The van der Waals surface area contributed by atoms with E-state index >= 15 is 0 Å². The van der Waals surface area contributed by atoms with Crippen molar-refractivity contribution in [3.05, 3.63) is 0 Å². The van der Waals surface area contributed by atoms with Crippen LogP contribution in [0.2, 0.25) is 12.1 Å². The molecule has 0 spiro atoms. The topological polar surface area (TPSA) is 0 Å². The summed E-state index contributed by atoms with van der Waals surface area (Å²) in [7, 11) is 1.78. The van der Waals surface area contributed by atoms with Gasteiger partial charge in [0.1, 0.15) is 7.17 Å². The van der Waals surface area contributed by atoms with Gasteiger partial charge in [-0.3, -0.25) is 0 Å². The molecule has 0 rings (SSSR count). The normalized spacial score (nSPS) is 12.9. The average Bonchev–Trinajstić information content (AvgIpc) is 1.87. The SMILES string of the molecule is CCB(F)[B][C@H](C)CC. The summed E-state index contributed by atoms with van der Waals surface area (Å²) in [4.78, 5) is 0. The maximum absolute atomic E-state index is 12.5. The molecule has 0 fully saturated rings. The Morgan fingerprint density at radius 2 is 2.11 bits per heavy atom. The third kappa shape index (κ3) is 4.56. The van der Waals surface area contributed by atoms with Gasteiger partial charge < -0.3 is 4.32 Å². The van der Waals surface area contributed by atoms with Crippen molar-refractivity contribution in [2.45, 2.75) is 39.3 Å². The Morgan fingerprint density at radius 3 is 2.44 bits per heavy atom. The molecule has 0 nitrogen and oxygen atoms in total. The highest BCUT2D eigenvalue weighted by Gasteiger charge is 2.14. The fourth-order valence-electron chi connectivity index (χ4n) is 0.629. The van der Waals surface area contributed by atoms with Crippen molar-refractivity contribution in [2.24, 2.45) is 0 Å². The molecule has 0 heterocycles. The fraction of sp³-hybridized carbons (Fsp3) is 1.00. The summed E-state index contributed by atoms with van der Waals surface area (Å²) in [6.45, 7) is 5.29. The van der Waals surface area contributed by atoms with Gasteiger partial charge in [-0.15, -0.1) is 0 Å². The first kappa shape index (κ1) is 9.06. The molecular formula is C6H14B2F. The van der Waals surface area contributed by atoms with E-state index in [-0.39, 0.29) is 0 Å². The summed E-state index contributed by atoms with van der Waals surface area (Å²) in [5.74, 6) is 0.431. The van der Waals surface area contributed by atoms with E-state index in [1.807, 2.05) is 13.8 Å². The molecule has 3 heteroatoms. The van der Waals surface area contributed by atoms with Crippen molar-refractivity contribution in [1.29, 1.82) is 0 Å². The zero-order valence-corrected chi connectivity index (χ0v) is 6.52. The van der Waals surface area contributed by atoms with Crippen LogP contribution in [0.15, 0.2) is 0 Å². The molecule has 1 atom stereocenters. The Morgan fingerprint density at radius 1 is 1.56 bits per heavy atom. The summed E-state index contributed by atoms with van der Waals surface area (Å²) in [5.41, 5.74) is 0. The van der Waals surface area contributed by atoms with Crippen molar-refractivity contribution in [1.82, 2.24) is 0 Å². The predicted molar refractivity (Wildman–Crippen MR) is 42.8 cm³/mol. The predicted octanol–water partition coefficient (Wildman–Crippen LogP) is 2.39. The molecule has 9 heavy (non-hydrogen) atoms. The quantitative estimate of drug-likeness (QED) is 0.508. The molecule has 0 aromatic heterocycles. The van der Waals surface area contributed by atoms with E-state index < -0.39 is 6.88 Å². The Balaban J connectivity index is 3.22. The number of halogens is 1. The van der Waals surface area contributed by atoms with Crippen LogP contribution < -0.4 is 0 Å². The van der Waals surface area contributed by atoms with Gasteiger partial charge in [0.15, 0.2) is 0 Å². The van der Waals surface area contributed by atoms with Gasteiger partial charge in [0, 0.05) is 0 Å². The van der Waals surface area contributed by atoms with Crippen molar-refractivity contribution in [3.63, 3.8) is 0 Å². The second-order valence-electron chi connectivity index (χ2n) is 2.50. The Labute approximate surface area is 58.6 Å². The van der Waals surface area contributed by atoms with Gasteiger partial charge >= 0.3 is 6.88 Å². The lowest BCUT2D eigenvalue weighted by Gasteiger charge is -2.05. The van der Waals surface area contributed by atoms with E-state index in [1.165, 1.54) is 0 Å². The van der Waals surface area contributed by atoms with E-state index in [0.717, 1.165) is 6.42 Å². The van der Waals surface area contributed by atoms with Crippen molar-refractivity contribution < 1.29 is 4.32 Å². The third-order valence-electron chi connectivity index (χ3n) is 1.57. The van der Waals surface area contributed by atoms with Crippen LogP contribution in [0.5, 0.6) is 0 Å². The minimum absolute atomic E-state index is 0.431. The molecule has 1 radical (unpaired) electrons. The molecule has 51 valence electrons. The van der Waals surface area contributed by atoms with Gasteiger partial charge in [-0.2, -0.15) is 0 Å². The van der Waals surface area contributed by atoms with Crippen LogP contribution in [-0.2, 0) is 0 Å². The minimum Gasteiger partial charge on any atom is -0.348 e. The first-order chi connectivity index (χ1) is 4.20. The Bertz CT molecular complexity index is 60.1. The first-order valence-electron chi connectivity index (χ1n) is 3.69. The van der Waals surface area contributed by atoms with Gasteiger partial charge in [0.2, 0.25) is 0 Å². The highest BCUT2D eigenvalue weighted by molar-refractivity contribution is 7.09. The second-order valence-corrected chi connectivity index (χ2v) is 2.50. The lowest BCUT2D eigenvalue weighted by molar-refractivity contribution is 0.832. The number of hydrogen-bond acceptors (Lipinski definition) is 0. The van der Waals surface area contributed by atoms with Crippen LogP contribution in [0.3, 0.4) is 0 Å². The molecule has 0 aromatic carbocycles. The summed E-state index contributed by atoms with van der Waals surface area (Å²) in [5, 5.41) is 0. The molecule has 0 amide bonds. The Kier molecular flexibility index (Phi) is 4.93. The van der Waals surface area contributed by atoms with Gasteiger partial charge in [0.25, 0.3) is 0 Å². The molecule has 0 unspecified atom stereocenters. The highest BCUT2D eigenvalue weighted by Crippen LogP contribution is 2.08. The van der Waals surface area contributed by atoms with Crippen LogP contribution in [0.4, 0.5) is 4.32 Å². The van der Waals surface area contributed by atoms with Crippen LogP contribution in [0, 0.1) is 0 Å². The largest absolute Gasteiger partial charge is 0.348 e. The average molecular weight is 127 g/mol. The van der Waals surface area contributed by atoms with E-state index in [9.17, 15) is 4.32 Å². The van der Waals surface area contributed by atoms with Crippen molar-refractivity contribution >= 4 is 14.1 Å². The van der Waals surface area contributed by atoms with E-state index in [2.05, 4.69) is 6.92 Å². The molecule has 0 bridgehead atoms. The Hall–Kier alpha value is 0.0599. The van der Waals surface area contributed by atoms with Crippen LogP contribution in [0.1, 0.15) is 27.2 Å². The lowest BCUT2D eigenvalue weighted by atomic mass is 9.29. The minimum atomic E-state index is -0.694. The van der Waals surface area contributed by atoms with Crippen molar-refractivity contribution in [3.8, 4) is 0 Å².